The molecule has 92 valence electrons. The monoisotopic (exact) mass is 235 g/mol. The van der Waals surface area contributed by atoms with Crippen molar-refractivity contribution >= 4 is 17.5 Å². The molecular formula is C12H17N3O2. The number of rotatable bonds is 5. The number of carbonyl (C=O) groups is 2. The van der Waals surface area contributed by atoms with E-state index < -0.39 is 0 Å². The predicted octanol–water partition coefficient (Wildman–Crippen LogP) is 0.0636. The lowest BCUT2D eigenvalue weighted by Crippen LogP contribution is -2.30. The molecule has 5 heteroatoms. The van der Waals surface area contributed by atoms with Gasteiger partial charge in [-0.15, -0.1) is 0 Å². The van der Waals surface area contributed by atoms with Crippen LogP contribution in [0.25, 0.3) is 0 Å². The first kappa shape index (κ1) is 13.0. The van der Waals surface area contributed by atoms with E-state index >= 15 is 0 Å². The van der Waals surface area contributed by atoms with Crippen LogP contribution in [0.2, 0.25) is 0 Å². The minimum atomic E-state index is -0.0984. The zero-order valence-electron chi connectivity index (χ0n) is 9.82. The number of anilines is 1. The summed E-state index contributed by atoms with van der Waals surface area (Å²) in [5, 5.41) is 5.17. The van der Waals surface area contributed by atoms with Crippen molar-refractivity contribution < 1.29 is 9.59 Å². The Kier molecular flexibility index (Phi) is 5.00. The summed E-state index contributed by atoms with van der Waals surface area (Å²) in [6.07, 6.45) is 0.595. The van der Waals surface area contributed by atoms with E-state index in [2.05, 4.69) is 10.6 Å². The van der Waals surface area contributed by atoms with Crippen LogP contribution >= 0.6 is 0 Å². The van der Waals surface area contributed by atoms with Crippen LogP contribution < -0.4 is 16.4 Å². The maximum atomic E-state index is 11.5. The third-order valence-corrected chi connectivity index (χ3v) is 2.30. The number of nitrogens with two attached hydrogens (primary N) is 1. The number of nitrogens with one attached hydrogen (secondary N) is 2. The maximum absolute atomic E-state index is 11.5. The van der Waals surface area contributed by atoms with Crippen LogP contribution in [0.4, 0.5) is 5.69 Å². The lowest BCUT2D eigenvalue weighted by molar-refractivity contribution is -0.121. The Morgan fingerprint density at radius 2 is 1.82 bits per heavy atom. The van der Waals surface area contributed by atoms with E-state index in [9.17, 15) is 9.59 Å². The summed E-state index contributed by atoms with van der Waals surface area (Å²) >= 11 is 0. The Balaban J connectivity index is 2.30. The molecule has 0 saturated carbocycles. The molecule has 17 heavy (non-hydrogen) atoms. The molecule has 1 aromatic carbocycles. The van der Waals surface area contributed by atoms with Gasteiger partial charge in [-0.3, -0.25) is 9.59 Å². The van der Waals surface area contributed by atoms with E-state index in [1.54, 1.807) is 19.2 Å². The van der Waals surface area contributed by atoms with E-state index in [-0.39, 0.29) is 11.8 Å². The smallest absolute Gasteiger partial charge is 0.224 e. The zero-order chi connectivity index (χ0) is 12.7. The molecule has 1 rings (SSSR count). The molecule has 2 amide bonds. The summed E-state index contributed by atoms with van der Waals surface area (Å²) in [7, 11) is 1.57. The molecule has 0 atom stereocenters. The first-order valence-electron chi connectivity index (χ1n) is 5.43. The minimum Gasteiger partial charge on any atom is -0.399 e. The first-order valence-corrected chi connectivity index (χ1v) is 5.43. The van der Waals surface area contributed by atoms with Crippen LogP contribution in [0.3, 0.4) is 0 Å². The molecule has 0 spiro atoms. The average molecular weight is 235 g/mol. The lowest BCUT2D eigenvalue weighted by Gasteiger charge is -2.05. The highest BCUT2D eigenvalue weighted by Crippen LogP contribution is 2.05. The van der Waals surface area contributed by atoms with Crippen LogP contribution in [0.1, 0.15) is 12.0 Å². The van der Waals surface area contributed by atoms with Gasteiger partial charge in [0.15, 0.2) is 0 Å². The average Bonchev–Trinajstić information content (AvgIpc) is 2.32. The molecule has 0 saturated heterocycles. The highest BCUT2D eigenvalue weighted by atomic mass is 16.2. The number of carbonyl (C=O) groups excluding carboxylic acids is 2. The van der Waals surface area contributed by atoms with Gasteiger partial charge in [0.2, 0.25) is 11.8 Å². The Bertz CT molecular complexity index is 387. The van der Waals surface area contributed by atoms with E-state index in [4.69, 9.17) is 5.73 Å². The number of nitrogen functional groups attached to an aromatic ring is 1. The second kappa shape index (κ2) is 6.52. The maximum Gasteiger partial charge on any atom is 0.224 e. The van der Waals surface area contributed by atoms with Gasteiger partial charge in [0.05, 0.1) is 6.42 Å². The molecule has 0 aliphatic heterocycles. The van der Waals surface area contributed by atoms with Gasteiger partial charge < -0.3 is 16.4 Å². The Hall–Kier alpha value is -2.04. The van der Waals surface area contributed by atoms with Crippen molar-refractivity contribution in [1.29, 1.82) is 0 Å². The van der Waals surface area contributed by atoms with Gasteiger partial charge in [0.25, 0.3) is 0 Å². The third kappa shape index (κ3) is 5.01. The van der Waals surface area contributed by atoms with Gasteiger partial charge in [0, 0.05) is 25.7 Å². The summed E-state index contributed by atoms with van der Waals surface area (Å²) in [5.41, 5.74) is 7.12. The van der Waals surface area contributed by atoms with Gasteiger partial charge in [-0.05, 0) is 17.7 Å². The summed E-state index contributed by atoms with van der Waals surface area (Å²) in [5.74, 6) is -0.184. The summed E-state index contributed by atoms with van der Waals surface area (Å²) < 4.78 is 0. The molecule has 0 radical (unpaired) electrons. The van der Waals surface area contributed by atoms with E-state index in [1.165, 1.54) is 0 Å². The summed E-state index contributed by atoms with van der Waals surface area (Å²) in [6, 6.07) is 7.14. The van der Waals surface area contributed by atoms with Gasteiger partial charge in [-0.1, -0.05) is 12.1 Å². The van der Waals surface area contributed by atoms with Gasteiger partial charge in [-0.2, -0.15) is 0 Å². The fourth-order valence-corrected chi connectivity index (χ4v) is 1.32. The normalized spacial score (nSPS) is 9.71. The molecule has 0 fully saturated rings. The van der Waals surface area contributed by atoms with Crippen molar-refractivity contribution in [3.05, 3.63) is 29.8 Å². The van der Waals surface area contributed by atoms with Crippen molar-refractivity contribution in [2.75, 3.05) is 19.3 Å². The highest BCUT2D eigenvalue weighted by Gasteiger charge is 2.04. The quantitative estimate of drug-likeness (QED) is 0.631. The number of benzene rings is 1. The van der Waals surface area contributed by atoms with Gasteiger partial charge >= 0.3 is 0 Å². The summed E-state index contributed by atoms with van der Waals surface area (Å²) in [4.78, 5) is 22.4. The topological polar surface area (TPSA) is 84.2 Å². The fourth-order valence-electron chi connectivity index (χ4n) is 1.32. The Labute approximate surface area is 100 Å². The van der Waals surface area contributed by atoms with Crippen molar-refractivity contribution in [3.63, 3.8) is 0 Å². The second-order valence-corrected chi connectivity index (χ2v) is 3.69. The standard InChI is InChI=1S/C12H17N3O2/c1-14-11(16)6-7-15-12(17)8-9-2-4-10(13)5-3-9/h2-5H,6-8,13H2,1H3,(H,14,16)(H,15,17). The van der Waals surface area contributed by atoms with Crippen molar-refractivity contribution in [1.82, 2.24) is 10.6 Å². The van der Waals surface area contributed by atoms with Crippen LogP contribution in [0.15, 0.2) is 24.3 Å². The minimum absolute atomic E-state index is 0.0854. The predicted molar refractivity (Wildman–Crippen MR) is 66.3 cm³/mol. The first-order chi connectivity index (χ1) is 8.11. The molecule has 5 nitrogen and oxygen atoms in total. The van der Waals surface area contributed by atoms with Crippen molar-refractivity contribution in [3.8, 4) is 0 Å². The Morgan fingerprint density at radius 3 is 2.41 bits per heavy atom. The summed E-state index contributed by atoms with van der Waals surface area (Å²) in [6.45, 7) is 0.355. The molecule has 4 N–H and O–H groups in total. The SMILES string of the molecule is CNC(=O)CCNC(=O)Cc1ccc(N)cc1. The zero-order valence-corrected chi connectivity index (χ0v) is 9.82. The van der Waals surface area contributed by atoms with Crippen molar-refractivity contribution in [2.24, 2.45) is 0 Å². The molecular weight excluding hydrogens is 218 g/mol. The van der Waals surface area contributed by atoms with Crippen molar-refractivity contribution in [2.45, 2.75) is 12.8 Å². The van der Waals surface area contributed by atoms with Gasteiger partial charge in [-0.25, -0.2) is 0 Å². The number of hydrogen-bond donors (Lipinski definition) is 3. The van der Waals surface area contributed by atoms with E-state index in [0.29, 0.717) is 25.1 Å². The van der Waals surface area contributed by atoms with E-state index in [0.717, 1.165) is 5.56 Å². The largest absolute Gasteiger partial charge is 0.399 e. The fraction of sp³-hybridized carbons (Fsp3) is 0.333. The molecule has 0 aromatic heterocycles. The van der Waals surface area contributed by atoms with E-state index in [1.807, 2.05) is 12.1 Å². The van der Waals surface area contributed by atoms with Gasteiger partial charge in [0.1, 0.15) is 0 Å². The van der Waals surface area contributed by atoms with Crippen LogP contribution in [-0.4, -0.2) is 25.4 Å². The molecule has 0 aliphatic carbocycles. The van der Waals surface area contributed by atoms with Crippen LogP contribution in [0.5, 0.6) is 0 Å². The molecule has 0 bridgehead atoms. The van der Waals surface area contributed by atoms with Crippen LogP contribution in [-0.2, 0) is 16.0 Å². The Morgan fingerprint density at radius 1 is 1.18 bits per heavy atom. The molecule has 0 heterocycles. The third-order valence-electron chi connectivity index (χ3n) is 2.30. The molecule has 0 unspecified atom stereocenters. The second-order valence-electron chi connectivity index (χ2n) is 3.69. The lowest BCUT2D eigenvalue weighted by atomic mass is 10.1. The number of hydrogen-bond acceptors (Lipinski definition) is 3. The molecule has 1 aromatic rings. The van der Waals surface area contributed by atoms with Crippen LogP contribution in [0, 0.1) is 0 Å². The highest BCUT2D eigenvalue weighted by molar-refractivity contribution is 5.80. The molecule has 0 aliphatic rings. The number of amides is 2.